The zero-order valence-corrected chi connectivity index (χ0v) is 14.2. The molecule has 0 atom stereocenters. The fourth-order valence-electron chi connectivity index (χ4n) is 2.56. The number of hydrogen-bond acceptors (Lipinski definition) is 2. The summed E-state index contributed by atoms with van der Waals surface area (Å²) in [5.41, 5.74) is 2.83. The quantitative estimate of drug-likeness (QED) is 0.763. The lowest BCUT2D eigenvalue weighted by Crippen LogP contribution is -2.29. The zero-order valence-electron chi connectivity index (χ0n) is 13.4. The third kappa shape index (κ3) is 3.72. The van der Waals surface area contributed by atoms with Gasteiger partial charge in [-0.1, -0.05) is 78.4 Å². The molecular weight excluding hydrogens is 318 g/mol. The first-order chi connectivity index (χ1) is 11.6. The molecule has 0 unspecified atom stereocenters. The molecule has 0 spiro atoms. The summed E-state index contributed by atoms with van der Waals surface area (Å²) >= 11 is 0. The lowest BCUT2D eigenvalue weighted by atomic mass is 10.00. The molecule has 24 heavy (non-hydrogen) atoms. The molecule has 3 aromatic rings. The molecule has 0 amide bonds. The summed E-state index contributed by atoms with van der Waals surface area (Å²) in [7, 11) is -3.62. The Bertz CT molecular complexity index is 850. The van der Waals surface area contributed by atoms with Crippen molar-refractivity contribution in [3.8, 4) is 0 Å². The highest BCUT2D eigenvalue weighted by molar-refractivity contribution is 7.89. The monoisotopic (exact) mass is 337 g/mol. The summed E-state index contributed by atoms with van der Waals surface area (Å²) < 4.78 is 28.4. The summed E-state index contributed by atoms with van der Waals surface area (Å²) in [4.78, 5) is 0.268. The van der Waals surface area contributed by atoms with Crippen molar-refractivity contribution in [2.75, 3.05) is 0 Å². The van der Waals surface area contributed by atoms with Gasteiger partial charge in [0.15, 0.2) is 0 Å². The average Bonchev–Trinajstić information content (AvgIpc) is 2.62. The number of hydrogen-bond donors (Lipinski definition) is 1. The summed E-state index contributed by atoms with van der Waals surface area (Å²) in [6, 6.07) is 25.6. The Labute approximate surface area is 143 Å². The van der Waals surface area contributed by atoms with Crippen LogP contribution in [0.5, 0.6) is 0 Å². The molecule has 122 valence electrons. The molecule has 3 aromatic carbocycles. The molecule has 0 bridgehead atoms. The van der Waals surface area contributed by atoms with Crippen LogP contribution in [0.15, 0.2) is 89.8 Å². The van der Waals surface area contributed by atoms with Crippen LogP contribution in [0.2, 0.25) is 0 Å². The van der Waals surface area contributed by atoms with Gasteiger partial charge in [0, 0.05) is 0 Å². The van der Waals surface area contributed by atoms with E-state index in [1.807, 2.05) is 67.6 Å². The topological polar surface area (TPSA) is 46.2 Å². The van der Waals surface area contributed by atoms with Crippen LogP contribution in [0.25, 0.3) is 0 Å². The molecule has 0 aliphatic carbocycles. The molecule has 0 heterocycles. The van der Waals surface area contributed by atoms with Crippen LogP contribution in [0, 0.1) is 6.92 Å². The van der Waals surface area contributed by atoms with Gasteiger partial charge in [-0.2, -0.15) is 4.72 Å². The smallest absolute Gasteiger partial charge is 0.207 e. The van der Waals surface area contributed by atoms with E-state index in [0.29, 0.717) is 0 Å². The van der Waals surface area contributed by atoms with Gasteiger partial charge in [-0.25, -0.2) is 8.42 Å². The van der Waals surface area contributed by atoms with Gasteiger partial charge in [0.05, 0.1) is 10.9 Å². The molecule has 3 nitrogen and oxygen atoms in total. The molecule has 0 aromatic heterocycles. The summed E-state index contributed by atoms with van der Waals surface area (Å²) in [5.74, 6) is 0. The van der Waals surface area contributed by atoms with E-state index in [9.17, 15) is 8.42 Å². The van der Waals surface area contributed by atoms with Crippen molar-refractivity contribution < 1.29 is 8.42 Å². The second-order valence-electron chi connectivity index (χ2n) is 5.69. The first-order valence-electron chi connectivity index (χ1n) is 7.75. The van der Waals surface area contributed by atoms with Crippen molar-refractivity contribution in [2.24, 2.45) is 0 Å². The van der Waals surface area contributed by atoms with E-state index in [0.717, 1.165) is 16.7 Å². The Morgan fingerprint density at radius 1 is 0.708 bits per heavy atom. The number of aryl methyl sites for hydroxylation is 1. The van der Waals surface area contributed by atoms with E-state index in [1.54, 1.807) is 24.3 Å². The molecule has 0 aliphatic rings. The molecule has 0 fully saturated rings. The molecule has 4 heteroatoms. The second-order valence-corrected chi connectivity index (χ2v) is 7.40. The van der Waals surface area contributed by atoms with Crippen LogP contribution in [-0.2, 0) is 10.0 Å². The minimum absolute atomic E-state index is 0.268. The van der Waals surface area contributed by atoms with Crippen molar-refractivity contribution in [3.63, 3.8) is 0 Å². The minimum atomic E-state index is -3.62. The van der Waals surface area contributed by atoms with Crippen molar-refractivity contribution >= 4 is 10.0 Å². The highest BCUT2D eigenvalue weighted by Gasteiger charge is 2.22. The number of rotatable bonds is 5. The third-order valence-electron chi connectivity index (χ3n) is 3.87. The molecule has 0 aliphatic heterocycles. The SMILES string of the molecule is Cc1ccc(S(=O)(=O)NC(c2ccccc2)c2ccccc2)cc1. The van der Waals surface area contributed by atoms with Gasteiger partial charge in [-0.3, -0.25) is 0 Å². The lowest BCUT2D eigenvalue weighted by Gasteiger charge is -2.20. The first-order valence-corrected chi connectivity index (χ1v) is 9.23. The van der Waals surface area contributed by atoms with Gasteiger partial charge in [0.1, 0.15) is 0 Å². The van der Waals surface area contributed by atoms with E-state index >= 15 is 0 Å². The highest BCUT2D eigenvalue weighted by atomic mass is 32.2. The lowest BCUT2D eigenvalue weighted by molar-refractivity contribution is 0.572. The highest BCUT2D eigenvalue weighted by Crippen LogP contribution is 2.24. The Morgan fingerprint density at radius 3 is 1.62 bits per heavy atom. The predicted molar refractivity (Wildman–Crippen MR) is 96.2 cm³/mol. The van der Waals surface area contributed by atoms with E-state index in [2.05, 4.69) is 4.72 Å². The fourth-order valence-corrected chi connectivity index (χ4v) is 3.77. The van der Waals surface area contributed by atoms with Gasteiger partial charge in [-0.15, -0.1) is 0 Å². The van der Waals surface area contributed by atoms with E-state index in [4.69, 9.17) is 0 Å². The zero-order chi connectivity index (χ0) is 17.0. The maximum Gasteiger partial charge on any atom is 0.241 e. The summed E-state index contributed by atoms with van der Waals surface area (Å²) in [5, 5.41) is 0. The number of nitrogens with one attached hydrogen (secondary N) is 1. The molecule has 1 N–H and O–H groups in total. The molecular formula is C20H19NO2S. The molecule has 0 saturated heterocycles. The maximum absolute atomic E-state index is 12.8. The Kier molecular flexibility index (Phi) is 4.79. The summed E-state index contributed by atoms with van der Waals surface area (Å²) in [6.07, 6.45) is 0. The second kappa shape index (κ2) is 6.99. The van der Waals surface area contributed by atoms with E-state index < -0.39 is 16.1 Å². The van der Waals surface area contributed by atoms with E-state index in [-0.39, 0.29) is 4.90 Å². The van der Waals surface area contributed by atoms with Gasteiger partial charge in [0.25, 0.3) is 0 Å². The standard InChI is InChI=1S/C20H19NO2S/c1-16-12-14-19(15-13-16)24(22,23)21-20(17-8-4-2-5-9-17)18-10-6-3-7-11-18/h2-15,20-21H,1H3. The average molecular weight is 337 g/mol. The Morgan fingerprint density at radius 2 is 1.17 bits per heavy atom. The van der Waals surface area contributed by atoms with Gasteiger partial charge in [-0.05, 0) is 30.2 Å². The summed E-state index contributed by atoms with van der Waals surface area (Å²) in [6.45, 7) is 1.93. The van der Waals surface area contributed by atoms with Crippen LogP contribution < -0.4 is 4.72 Å². The van der Waals surface area contributed by atoms with E-state index in [1.165, 1.54) is 0 Å². The van der Waals surface area contributed by atoms with Gasteiger partial charge in [0.2, 0.25) is 10.0 Å². The van der Waals surface area contributed by atoms with Gasteiger partial charge >= 0.3 is 0 Å². The minimum Gasteiger partial charge on any atom is -0.207 e. The first kappa shape index (κ1) is 16.4. The normalized spacial score (nSPS) is 11.6. The van der Waals surface area contributed by atoms with Crippen molar-refractivity contribution in [1.82, 2.24) is 4.72 Å². The van der Waals surface area contributed by atoms with Crippen LogP contribution in [0.3, 0.4) is 0 Å². The molecule has 3 rings (SSSR count). The Hall–Kier alpha value is -2.43. The van der Waals surface area contributed by atoms with Crippen molar-refractivity contribution in [1.29, 1.82) is 0 Å². The van der Waals surface area contributed by atoms with Crippen LogP contribution in [0.4, 0.5) is 0 Å². The van der Waals surface area contributed by atoms with Crippen LogP contribution >= 0.6 is 0 Å². The fraction of sp³-hybridized carbons (Fsp3) is 0.100. The largest absolute Gasteiger partial charge is 0.241 e. The molecule has 0 radical (unpaired) electrons. The van der Waals surface area contributed by atoms with Gasteiger partial charge < -0.3 is 0 Å². The number of sulfonamides is 1. The predicted octanol–water partition coefficient (Wildman–Crippen LogP) is 4.06. The van der Waals surface area contributed by atoms with Crippen LogP contribution in [-0.4, -0.2) is 8.42 Å². The maximum atomic E-state index is 12.8. The third-order valence-corrected chi connectivity index (χ3v) is 5.31. The van der Waals surface area contributed by atoms with Crippen molar-refractivity contribution in [2.45, 2.75) is 17.9 Å². The van der Waals surface area contributed by atoms with Crippen LogP contribution in [0.1, 0.15) is 22.7 Å². The number of benzene rings is 3. The molecule has 0 saturated carbocycles. The van der Waals surface area contributed by atoms with Crippen molar-refractivity contribution in [3.05, 3.63) is 102 Å². The Balaban J connectivity index is 1.99.